The molecular weight excluding hydrogens is 252 g/mol. The van der Waals surface area contributed by atoms with Gasteiger partial charge in [-0.05, 0) is 30.9 Å². The lowest BCUT2D eigenvalue weighted by molar-refractivity contribution is 0.397. The predicted molar refractivity (Wildman–Crippen MR) is 75.1 cm³/mol. The number of aryl methyl sites for hydroxylation is 1. The first-order valence-electron chi connectivity index (χ1n) is 7.00. The quantitative estimate of drug-likeness (QED) is 0.766. The zero-order valence-corrected chi connectivity index (χ0v) is 11.1. The van der Waals surface area contributed by atoms with Crippen molar-refractivity contribution in [2.45, 2.75) is 31.8 Å². The van der Waals surface area contributed by atoms with E-state index in [1.54, 1.807) is 0 Å². The van der Waals surface area contributed by atoms with Gasteiger partial charge in [-0.1, -0.05) is 23.4 Å². The molecule has 5 nitrogen and oxygen atoms in total. The molecule has 2 N–H and O–H groups in total. The first-order chi connectivity index (χ1) is 9.92. The van der Waals surface area contributed by atoms with Crippen molar-refractivity contribution in [3.63, 3.8) is 0 Å². The second-order valence-corrected chi connectivity index (χ2v) is 5.24. The van der Waals surface area contributed by atoms with Gasteiger partial charge in [0, 0.05) is 22.6 Å². The van der Waals surface area contributed by atoms with Crippen molar-refractivity contribution in [2.24, 2.45) is 0 Å². The Hall–Kier alpha value is -2.14. The van der Waals surface area contributed by atoms with Gasteiger partial charge in [-0.15, -0.1) is 0 Å². The smallest absolute Gasteiger partial charge is 0.213 e. The van der Waals surface area contributed by atoms with E-state index in [4.69, 9.17) is 4.52 Å². The predicted octanol–water partition coefficient (Wildman–Crippen LogP) is 2.72. The van der Waals surface area contributed by atoms with Crippen LogP contribution in [-0.4, -0.2) is 15.1 Å². The van der Waals surface area contributed by atoms with E-state index in [2.05, 4.69) is 44.7 Å². The van der Waals surface area contributed by atoms with E-state index in [1.807, 2.05) is 0 Å². The molecule has 2 aromatic heterocycles. The van der Waals surface area contributed by atoms with Gasteiger partial charge in [0.1, 0.15) is 0 Å². The fourth-order valence-electron chi connectivity index (χ4n) is 3.10. The highest BCUT2D eigenvalue weighted by Gasteiger charge is 2.23. The summed E-state index contributed by atoms with van der Waals surface area (Å²) >= 11 is 0. The summed E-state index contributed by atoms with van der Waals surface area (Å²) in [7, 11) is 0. The van der Waals surface area contributed by atoms with Crippen LogP contribution in [0.15, 0.2) is 35.2 Å². The van der Waals surface area contributed by atoms with Crippen LogP contribution in [0.2, 0.25) is 0 Å². The van der Waals surface area contributed by atoms with Gasteiger partial charge in [0.25, 0.3) is 0 Å². The van der Waals surface area contributed by atoms with Crippen LogP contribution in [0.25, 0.3) is 10.9 Å². The summed E-state index contributed by atoms with van der Waals surface area (Å²) in [5.74, 6) is 0.702. The molecule has 0 saturated carbocycles. The van der Waals surface area contributed by atoms with Crippen molar-refractivity contribution in [1.29, 1.82) is 0 Å². The van der Waals surface area contributed by atoms with Gasteiger partial charge in [-0.3, -0.25) is 0 Å². The Morgan fingerprint density at radius 2 is 2.30 bits per heavy atom. The summed E-state index contributed by atoms with van der Waals surface area (Å²) in [6.07, 6.45) is 4.86. The van der Waals surface area contributed by atoms with E-state index in [1.165, 1.54) is 35.0 Å². The minimum Gasteiger partial charge on any atom is -0.357 e. The van der Waals surface area contributed by atoms with Crippen LogP contribution in [0, 0.1) is 0 Å². The summed E-state index contributed by atoms with van der Waals surface area (Å²) in [6, 6.07) is 8.86. The topological polar surface area (TPSA) is 66.7 Å². The average molecular weight is 268 g/mol. The molecule has 0 aliphatic heterocycles. The highest BCUT2D eigenvalue weighted by atomic mass is 16.5. The van der Waals surface area contributed by atoms with E-state index >= 15 is 0 Å². The average Bonchev–Trinajstić information content (AvgIpc) is 3.12. The standard InChI is InChI=1S/C15H16N4O/c1-2-6-12-10(4-1)11-5-3-7-13(15(11)18-12)16-8-14-17-9-20-19-14/h1-2,4,6,9,13,16,18H,3,5,7-8H2. The van der Waals surface area contributed by atoms with Crippen LogP contribution in [0.4, 0.5) is 0 Å². The molecule has 0 bridgehead atoms. The van der Waals surface area contributed by atoms with Crippen LogP contribution >= 0.6 is 0 Å². The Bertz CT molecular complexity index is 717. The number of H-pyrrole nitrogens is 1. The number of rotatable bonds is 3. The van der Waals surface area contributed by atoms with Gasteiger partial charge in [-0.25, -0.2) is 0 Å². The molecule has 20 heavy (non-hydrogen) atoms. The molecule has 3 aromatic rings. The highest BCUT2D eigenvalue weighted by Crippen LogP contribution is 2.34. The molecule has 0 spiro atoms. The number of nitrogens with one attached hydrogen (secondary N) is 2. The van der Waals surface area contributed by atoms with Crippen molar-refractivity contribution in [2.75, 3.05) is 0 Å². The van der Waals surface area contributed by atoms with Gasteiger partial charge >= 0.3 is 0 Å². The maximum absolute atomic E-state index is 4.76. The van der Waals surface area contributed by atoms with Crippen molar-refractivity contribution in [1.82, 2.24) is 20.4 Å². The van der Waals surface area contributed by atoms with E-state index < -0.39 is 0 Å². The molecule has 4 rings (SSSR count). The number of aromatic amines is 1. The van der Waals surface area contributed by atoms with Crippen molar-refractivity contribution < 1.29 is 4.52 Å². The monoisotopic (exact) mass is 268 g/mol. The molecule has 1 aliphatic rings. The molecule has 0 radical (unpaired) electrons. The lowest BCUT2D eigenvalue weighted by Gasteiger charge is -2.23. The third-order valence-corrected chi connectivity index (χ3v) is 4.03. The molecule has 0 fully saturated rings. The van der Waals surface area contributed by atoms with Gasteiger partial charge in [0.15, 0.2) is 5.82 Å². The second kappa shape index (κ2) is 4.76. The first-order valence-corrected chi connectivity index (χ1v) is 7.00. The van der Waals surface area contributed by atoms with Crippen LogP contribution < -0.4 is 5.32 Å². The van der Waals surface area contributed by atoms with Crippen molar-refractivity contribution in [3.05, 3.63) is 47.7 Å². The number of benzene rings is 1. The molecule has 1 atom stereocenters. The van der Waals surface area contributed by atoms with Crippen LogP contribution in [0.3, 0.4) is 0 Å². The number of nitrogens with zero attached hydrogens (tertiary/aromatic N) is 2. The Labute approximate surface area is 116 Å². The number of hydrogen-bond acceptors (Lipinski definition) is 4. The lowest BCUT2D eigenvalue weighted by Crippen LogP contribution is -2.25. The zero-order chi connectivity index (χ0) is 13.4. The fourth-order valence-corrected chi connectivity index (χ4v) is 3.10. The fraction of sp³-hybridized carbons (Fsp3) is 0.333. The summed E-state index contributed by atoms with van der Waals surface area (Å²) in [5.41, 5.74) is 4.00. The summed E-state index contributed by atoms with van der Waals surface area (Å²) in [5, 5.41) is 8.72. The molecule has 2 heterocycles. The molecule has 1 unspecified atom stereocenters. The molecule has 1 aromatic carbocycles. The Balaban J connectivity index is 1.64. The van der Waals surface area contributed by atoms with Crippen molar-refractivity contribution >= 4 is 10.9 Å². The summed E-state index contributed by atoms with van der Waals surface area (Å²) < 4.78 is 4.76. The third-order valence-electron chi connectivity index (χ3n) is 4.03. The van der Waals surface area contributed by atoms with Crippen LogP contribution in [-0.2, 0) is 13.0 Å². The normalized spacial score (nSPS) is 18.3. The lowest BCUT2D eigenvalue weighted by atomic mass is 9.92. The largest absolute Gasteiger partial charge is 0.357 e. The van der Waals surface area contributed by atoms with E-state index in [9.17, 15) is 0 Å². The Morgan fingerprint density at radius 3 is 3.20 bits per heavy atom. The van der Waals surface area contributed by atoms with E-state index in [-0.39, 0.29) is 0 Å². The molecular formula is C15H16N4O. The Morgan fingerprint density at radius 1 is 1.35 bits per heavy atom. The number of fused-ring (bicyclic) bond motifs is 3. The van der Waals surface area contributed by atoms with Gasteiger partial charge in [-0.2, -0.15) is 4.98 Å². The third kappa shape index (κ3) is 1.91. The summed E-state index contributed by atoms with van der Waals surface area (Å²) in [6.45, 7) is 0.635. The molecule has 5 heteroatoms. The van der Waals surface area contributed by atoms with Crippen LogP contribution in [0.1, 0.15) is 36.0 Å². The van der Waals surface area contributed by atoms with Gasteiger partial charge in [0.2, 0.25) is 6.39 Å². The summed E-state index contributed by atoms with van der Waals surface area (Å²) in [4.78, 5) is 7.62. The highest BCUT2D eigenvalue weighted by molar-refractivity contribution is 5.85. The maximum atomic E-state index is 4.76. The Kier molecular flexibility index (Phi) is 2.77. The van der Waals surface area contributed by atoms with Crippen LogP contribution in [0.5, 0.6) is 0 Å². The number of hydrogen-bond donors (Lipinski definition) is 2. The maximum Gasteiger partial charge on any atom is 0.213 e. The van der Waals surface area contributed by atoms with E-state index in [0.29, 0.717) is 18.4 Å². The first kappa shape index (κ1) is 11.7. The van der Waals surface area contributed by atoms with Gasteiger partial charge in [0.05, 0.1) is 6.54 Å². The van der Waals surface area contributed by atoms with Crippen molar-refractivity contribution in [3.8, 4) is 0 Å². The SMILES string of the molecule is c1ccc2c3c([nH]c2c1)C(NCc1ncon1)CCC3. The molecule has 0 saturated heterocycles. The number of para-hydroxylation sites is 1. The minimum absolute atomic E-state index is 0.338. The zero-order valence-electron chi connectivity index (χ0n) is 11.1. The minimum atomic E-state index is 0.338. The molecule has 0 amide bonds. The molecule has 102 valence electrons. The van der Waals surface area contributed by atoms with Gasteiger partial charge < -0.3 is 14.8 Å². The molecule has 1 aliphatic carbocycles. The number of aromatic nitrogens is 3. The second-order valence-electron chi connectivity index (χ2n) is 5.24. The van der Waals surface area contributed by atoms with E-state index in [0.717, 1.165) is 12.8 Å².